The number of esters is 1. The number of nitrogens with zero attached hydrogens (tertiary/aromatic N) is 8. The molecule has 0 saturated carbocycles. The minimum atomic E-state index is -0.883. The number of hydrogen-bond acceptors (Lipinski definition) is 28. The van der Waals surface area contributed by atoms with Crippen LogP contribution in [0.5, 0.6) is 0 Å². The van der Waals surface area contributed by atoms with Gasteiger partial charge in [0, 0.05) is 104 Å². The van der Waals surface area contributed by atoms with E-state index in [9.17, 15) is 19.2 Å². The summed E-state index contributed by atoms with van der Waals surface area (Å²) in [4.78, 5) is 68.8. The van der Waals surface area contributed by atoms with Crippen molar-refractivity contribution in [3.63, 3.8) is 0 Å². The molecule has 0 fully saturated rings. The van der Waals surface area contributed by atoms with E-state index in [0.29, 0.717) is 41.0 Å². The van der Waals surface area contributed by atoms with Crippen LogP contribution in [0.1, 0.15) is 101 Å². The number of aryl methyl sites for hydroxylation is 4. The number of aliphatic hydroxyl groups excluding tert-OH is 2. The highest BCUT2D eigenvalue weighted by Gasteiger charge is 2.29. The second kappa shape index (κ2) is 55.7. The number of ether oxygens (including phenoxy) is 1. The predicted molar refractivity (Wildman–Crippen MR) is 575 cm³/mol. The number of aliphatic hydroxyl groups is 2. The number of nitrogens with one attached hydrogen (secondary N) is 4. The lowest BCUT2D eigenvalue weighted by molar-refractivity contribution is -0.142. The fraction of sp³-hybridized carbons (Fsp3) is 0.222. The largest absolute Gasteiger partial charge is 0.480 e. The average molecular weight is 1960 g/mol. The number of aliphatic carboxylic acids is 2. The van der Waals surface area contributed by atoms with Crippen LogP contribution in [-0.4, -0.2) is 138 Å². The Morgan fingerprint density at radius 3 is 0.971 bits per heavy atom. The summed E-state index contributed by atoms with van der Waals surface area (Å²) in [5.74, 6) is -1.05. The smallest absolute Gasteiger partial charge is 0.329 e. The van der Waals surface area contributed by atoms with Crippen LogP contribution in [0, 0.1) is 50.4 Å². The number of aldehydes is 1. The van der Waals surface area contributed by atoms with Gasteiger partial charge in [-0.3, -0.25) is 14.8 Å². The van der Waals surface area contributed by atoms with E-state index in [2.05, 4.69) is 163 Å². The van der Waals surface area contributed by atoms with Gasteiger partial charge in [0.05, 0.1) is 40.9 Å². The van der Waals surface area contributed by atoms with Crippen molar-refractivity contribution in [2.45, 2.75) is 106 Å². The Morgan fingerprint density at radius 1 is 0.399 bits per heavy atom. The maximum atomic E-state index is 11.1. The molecule has 0 unspecified atom stereocenters. The number of carbonyl (C=O) groups excluding carboxylic acids is 2. The van der Waals surface area contributed by atoms with Gasteiger partial charge >= 0.3 is 17.9 Å². The molecule has 0 bridgehead atoms. The number of carboxylic acid groups (broad SMARTS) is 2. The zero-order valence-electron chi connectivity index (χ0n) is 76.6. The van der Waals surface area contributed by atoms with Gasteiger partial charge in [-0.15, -0.1) is 68.9 Å². The van der Waals surface area contributed by atoms with Gasteiger partial charge in [-0.25, -0.2) is 29.5 Å². The van der Waals surface area contributed by atoms with Crippen molar-refractivity contribution >= 4 is 184 Å². The van der Waals surface area contributed by atoms with Crippen LogP contribution < -0.4 is 38.5 Å². The first kappa shape index (κ1) is 106. The predicted octanol–water partition coefficient (Wildman–Crippen LogP) is 21.7. The van der Waals surface area contributed by atoms with E-state index in [0.717, 1.165) is 182 Å². The van der Waals surface area contributed by atoms with Gasteiger partial charge in [0.15, 0.2) is 22.1 Å². The Bertz CT molecular complexity index is 6380. The van der Waals surface area contributed by atoms with Crippen molar-refractivity contribution in [3.05, 3.63) is 360 Å². The lowest BCUT2D eigenvalue weighted by Gasteiger charge is -2.06. The van der Waals surface area contributed by atoms with Gasteiger partial charge in [-0.2, -0.15) is 10.5 Å². The molecule has 0 spiro atoms. The number of aliphatic imine (C=N–C) groups is 2. The van der Waals surface area contributed by atoms with Crippen molar-refractivity contribution < 1.29 is 44.3 Å². The third-order valence-electron chi connectivity index (χ3n) is 20.8. The molecule has 138 heavy (non-hydrogen) atoms. The fourth-order valence-corrected chi connectivity index (χ4v) is 19.0. The molecule has 2 aliphatic heterocycles. The van der Waals surface area contributed by atoms with Crippen LogP contribution in [-0.2, 0) is 75.5 Å². The van der Waals surface area contributed by atoms with E-state index in [1.807, 2.05) is 201 Å². The minimum absolute atomic E-state index is 0. The van der Waals surface area contributed by atoms with Crippen molar-refractivity contribution in [3.8, 4) is 12.1 Å². The van der Waals surface area contributed by atoms with Crippen LogP contribution in [0.25, 0.3) is 40.9 Å². The van der Waals surface area contributed by atoms with Crippen LogP contribution in [0.3, 0.4) is 0 Å². The Kier molecular flexibility index (Phi) is 42.8. The van der Waals surface area contributed by atoms with Gasteiger partial charge in [-0.05, 0) is 220 Å². The van der Waals surface area contributed by atoms with Crippen molar-refractivity contribution in [2.75, 3.05) is 89.4 Å². The second-order valence-electron chi connectivity index (χ2n) is 31.7. The lowest BCUT2D eigenvalue weighted by atomic mass is 10.1. The van der Waals surface area contributed by atoms with Crippen LogP contribution in [0.15, 0.2) is 283 Å². The number of thioether (sulfide) groups is 2. The number of thiazole rings is 4. The molecule has 18 rings (SSSR count). The van der Waals surface area contributed by atoms with Gasteiger partial charge in [0.2, 0.25) is 0 Å². The van der Waals surface area contributed by atoms with Crippen LogP contribution in [0.2, 0.25) is 0 Å². The third-order valence-corrected chi connectivity index (χ3v) is 27.0. The summed E-state index contributed by atoms with van der Waals surface area (Å²) < 4.78 is 9.00. The van der Waals surface area contributed by atoms with E-state index >= 15 is 0 Å². The lowest BCUT2D eigenvalue weighted by Crippen LogP contribution is -2.17. The summed E-state index contributed by atoms with van der Waals surface area (Å²) >= 11 is 8.87. The number of carboxylic acids is 2. The third kappa shape index (κ3) is 35.5. The number of nitriles is 2. The molecule has 14 N–H and O–H groups in total. The molecule has 0 radical (unpaired) electrons. The number of benzene rings is 12. The minimum Gasteiger partial charge on any atom is -0.480 e. The molecule has 0 saturated heterocycles. The van der Waals surface area contributed by atoms with Crippen molar-refractivity contribution in [1.29, 1.82) is 10.5 Å². The molecular formula is C108H113N15O9S6. The van der Waals surface area contributed by atoms with Crippen LogP contribution >= 0.6 is 68.9 Å². The van der Waals surface area contributed by atoms with E-state index in [1.165, 1.54) is 103 Å². The monoisotopic (exact) mass is 1960 g/mol. The summed E-state index contributed by atoms with van der Waals surface area (Å²) in [6, 6.07) is 93.4. The quantitative estimate of drug-likeness (QED) is 0.0123. The van der Waals surface area contributed by atoms with E-state index < -0.39 is 24.0 Å². The summed E-state index contributed by atoms with van der Waals surface area (Å²) in [7, 11) is 0. The average Bonchev–Trinajstić information content (AvgIpc) is 1.66. The Labute approximate surface area is 829 Å². The summed E-state index contributed by atoms with van der Waals surface area (Å²) in [5, 5.41) is 70.8. The summed E-state index contributed by atoms with van der Waals surface area (Å²) in [6.07, 6.45) is 6.73. The maximum Gasteiger partial charge on any atom is 0.329 e. The van der Waals surface area contributed by atoms with Crippen LogP contribution in [0.4, 0.5) is 39.8 Å². The molecule has 16 aromatic rings. The van der Waals surface area contributed by atoms with Crippen molar-refractivity contribution in [2.24, 2.45) is 9.98 Å². The molecule has 24 nitrogen and oxygen atoms in total. The van der Waals surface area contributed by atoms with Gasteiger partial charge in [0.25, 0.3) is 0 Å². The first-order valence-corrected chi connectivity index (χ1v) is 49.5. The number of fused-ring (bicyclic) bond motifs is 4. The number of carbonyl (C=O) groups is 4. The number of anilines is 7. The SMILES string of the molecule is C.CC(=O)OCc1ccccc1.Cc1ccc(CC=O)cc1.Cc1ccc(CCNc2ccc3nc(C#N)sc3c2)cc1.Cc1ccc(CCNc2ccc3nc(C4=N[C@@H](C(=O)O)CS4)sc3c2)cc1.Cc1ccc(CCO)cc1.N#Cc1nc2ccc(NCCc3ccc(N)cc3)cc2s1.Nc1ccc(CCNc2ccc3nc(C4=N[C@@H](C(=O)O)CS4)sc3c2)cc1.Nc1ccc(CCO)cc1. The summed E-state index contributed by atoms with van der Waals surface area (Å²) in [5.41, 5.74) is 41.6. The highest BCUT2D eigenvalue weighted by atomic mass is 32.2. The molecular weight excluding hydrogens is 1840 g/mol. The Morgan fingerprint density at radius 2 is 0.688 bits per heavy atom. The van der Waals surface area contributed by atoms with E-state index in [1.54, 1.807) is 22.7 Å². The molecule has 2 aliphatic rings. The Balaban J connectivity index is 0.000000168. The second-order valence-corrected chi connectivity index (χ2v) is 37.8. The number of nitrogen functional groups attached to an aromatic ring is 3. The molecule has 710 valence electrons. The molecule has 4 aromatic heterocycles. The summed E-state index contributed by atoms with van der Waals surface area (Å²) in [6.45, 7) is 13.9. The number of rotatable bonds is 28. The zero-order valence-corrected chi connectivity index (χ0v) is 81.5. The first-order valence-electron chi connectivity index (χ1n) is 44.3. The normalized spacial score (nSPS) is 12.4. The maximum absolute atomic E-state index is 11.1. The highest BCUT2D eigenvalue weighted by molar-refractivity contribution is 8.15. The first-order chi connectivity index (χ1) is 66.4. The molecule has 6 heterocycles. The topological polar surface area (TPSA) is 408 Å². The van der Waals surface area contributed by atoms with Gasteiger partial charge < -0.3 is 68.4 Å². The molecule has 2 atom stereocenters. The van der Waals surface area contributed by atoms with Crippen molar-refractivity contribution in [1.82, 2.24) is 19.9 Å². The number of nitrogens with two attached hydrogens (primary N) is 3. The van der Waals surface area contributed by atoms with E-state index in [-0.39, 0.29) is 26.6 Å². The molecule has 0 amide bonds. The molecule has 0 aliphatic carbocycles. The van der Waals surface area contributed by atoms with Gasteiger partial charge in [-0.1, -0.05) is 193 Å². The number of hydrogen-bond donors (Lipinski definition) is 11. The molecule has 30 heteroatoms. The fourth-order valence-electron chi connectivity index (χ4n) is 13.2. The zero-order chi connectivity index (χ0) is 97.2. The number of aromatic nitrogens is 4. The standard InChI is InChI=1S/C20H19N3O2S2.C19H18N4O2S2.C17H15N3S.C16H14N4S.C9H10O2.C9H12O.C9H10O.C8H11NO.CH4/c1-12-2-4-13(5-3-12)8-9-21-14-6-7-15-17(10-14)27-19(22-15)18-23-16(11-26-18)20(24)25;20-12-3-1-11(2-4-12)7-8-21-13-5-6-14-16(9-13)27-18(22-14)17-23-15(10-26-17)19(24)25;1-12-2-4-13(5-3-12)8-9-19-14-6-7-15-16(10-14)21-17(11-18)20-15;17-10-16-20-14-6-5-13(9-15(14)21-16)19-8-7-11-1-3-12(18)4-2-11;1-8(10)11-7-9-5-3-2-4-6-9;2*1-8-2-4-9(5-3-8)6-7-10;9-8-3-1-7(2-4-8)5-6-10;/h2-7,10,16,21H,8-9,11H2,1H3,(H,24,25);1-6,9,15,21H,7-8,10,20H2,(H,24,25);2-7,10,19H,8-9H2,1H3;1-6,9,19H,7-8,18H2;2-6H,7H2,1H3;2-5,10H,6-7H2,1H3;2-5,7H,6H2,1H3;1-4,10H,5-6,9H2;1H4/t16-;15-;;;;;;;/m11......./s1. The van der Waals surface area contributed by atoms with E-state index in [4.69, 9.17) is 52.9 Å². The van der Waals surface area contributed by atoms with Gasteiger partial charge in [0.1, 0.15) is 45.1 Å². The molecule has 12 aromatic carbocycles. The Hall–Kier alpha value is -14.2. The highest BCUT2D eigenvalue weighted by Crippen LogP contribution is 2.35.